The summed E-state index contributed by atoms with van der Waals surface area (Å²) in [6, 6.07) is 0. The summed E-state index contributed by atoms with van der Waals surface area (Å²) in [5.74, 6) is -0.898. The molecule has 0 radical (unpaired) electrons. The van der Waals surface area contributed by atoms with Crippen LogP contribution in [0.25, 0.3) is 0 Å². The van der Waals surface area contributed by atoms with Crippen LogP contribution in [0.3, 0.4) is 0 Å². The van der Waals surface area contributed by atoms with E-state index in [0.29, 0.717) is 0 Å². The number of aliphatic carboxylic acids is 1. The molecule has 0 saturated heterocycles. The molecule has 0 aliphatic rings. The molecule has 8 heteroatoms. The fourth-order valence-corrected chi connectivity index (χ4v) is 4.06. The van der Waals surface area contributed by atoms with E-state index < -0.39 is 14.8 Å². The predicted molar refractivity (Wildman–Crippen MR) is 69.1 cm³/mol. The number of rotatable bonds is 10. The Morgan fingerprint density at radius 3 is 2.11 bits per heavy atom. The average molecular weight is 280 g/mol. The molecule has 0 spiro atoms. The minimum atomic E-state index is -2.76. The lowest BCUT2D eigenvalue weighted by Gasteiger charge is -2.34. The van der Waals surface area contributed by atoms with E-state index in [1.165, 1.54) is 0 Å². The van der Waals surface area contributed by atoms with Crippen molar-refractivity contribution in [2.45, 2.75) is 32.1 Å². The van der Waals surface area contributed by atoms with Crippen LogP contribution in [0.4, 0.5) is 0 Å². The van der Waals surface area contributed by atoms with Crippen molar-refractivity contribution in [3.63, 3.8) is 0 Å². The standard InChI is InChI=1S/C10H24N2O5Si/c1-6-9(18(15-3,16-4)17-5)12-8(2)11-7-10(13)14/h8-9,11-12H,6-7H2,1-5H3,(H,13,14). The van der Waals surface area contributed by atoms with E-state index in [9.17, 15) is 4.79 Å². The van der Waals surface area contributed by atoms with Crippen LogP contribution in [0.5, 0.6) is 0 Å². The van der Waals surface area contributed by atoms with Gasteiger partial charge in [-0.1, -0.05) is 6.92 Å². The molecule has 0 heterocycles. The third-order valence-corrected chi connectivity index (χ3v) is 5.83. The average Bonchev–Trinajstić information content (AvgIpc) is 2.37. The summed E-state index contributed by atoms with van der Waals surface area (Å²) in [5, 5.41) is 14.7. The number of carboxylic acids is 1. The van der Waals surface area contributed by atoms with E-state index in [1.807, 2.05) is 13.8 Å². The number of hydrogen-bond acceptors (Lipinski definition) is 6. The maximum absolute atomic E-state index is 10.5. The van der Waals surface area contributed by atoms with Gasteiger partial charge in [0.25, 0.3) is 0 Å². The zero-order valence-electron chi connectivity index (χ0n) is 11.6. The van der Waals surface area contributed by atoms with Gasteiger partial charge in [0.2, 0.25) is 0 Å². The van der Waals surface area contributed by atoms with Crippen LogP contribution in [-0.2, 0) is 18.1 Å². The summed E-state index contributed by atoms with van der Waals surface area (Å²) in [5.41, 5.74) is -0.103. The van der Waals surface area contributed by atoms with Crippen LogP contribution in [-0.4, -0.2) is 59.6 Å². The Kier molecular flexibility index (Phi) is 8.32. The first-order chi connectivity index (χ1) is 8.45. The third kappa shape index (κ3) is 5.00. The van der Waals surface area contributed by atoms with E-state index in [4.69, 9.17) is 18.4 Å². The first-order valence-electron chi connectivity index (χ1n) is 5.82. The fourth-order valence-electron chi connectivity index (χ4n) is 1.75. The van der Waals surface area contributed by atoms with Gasteiger partial charge in [-0.25, -0.2) is 0 Å². The first-order valence-corrected chi connectivity index (χ1v) is 7.62. The number of nitrogens with one attached hydrogen (secondary N) is 2. The number of hydrogen-bond donors (Lipinski definition) is 3. The van der Waals surface area contributed by atoms with Gasteiger partial charge in [-0.2, -0.15) is 0 Å². The SMILES string of the molecule is CCC(NC(C)NCC(=O)O)[Si](OC)(OC)OC. The second kappa shape index (κ2) is 8.56. The molecular weight excluding hydrogens is 256 g/mol. The molecule has 0 rings (SSSR count). The van der Waals surface area contributed by atoms with Gasteiger partial charge < -0.3 is 18.4 Å². The Hall–Kier alpha value is -0.513. The van der Waals surface area contributed by atoms with Gasteiger partial charge in [-0.05, 0) is 13.3 Å². The Balaban J connectivity index is 4.52. The topological polar surface area (TPSA) is 89.1 Å². The summed E-state index contributed by atoms with van der Waals surface area (Å²) in [7, 11) is 1.90. The second-order valence-electron chi connectivity index (χ2n) is 3.84. The summed E-state index contributed by atoms with van der Waals surface area (Å²) >= 11 is 0. The Bertz CT molecular complexity index is 242. The molecule has 18 heavy (non-hydrogen) atoms. The van der Waals surface area contributed by atoms with Crippen LogP contribution >= 0.6 is 0 Å². The van der Waals surface area contributed by atoms with Crippen LogP contribution in [0.1, 0.15) is 20.3 Å². The van der Waals surface area contributed by atoms with Gasteiger partial charge >= 0.3 is 14.8 Å². The van der Waals surface area contributed by atoms with Gasteiger partial charge in [-0.15, -0.1) is 0 Å². The molecule has 0 aromatic carbocycles. The minimum Gasteiger partial charge on any atom is -0.480 e. The molecule has 0 aromatic rings. The van der Waals surface area contributed by atoms with Crippen LogP contribution < -0.4 is 10.6 Å². The Morgan fingerprint density at radius 2 is 1.78 bits per heavy atom. The van der Waals surface area contributed by atoms with Crippen molar-refractivity contribution in [3.05, 3.63) is 0 Å². The normalized spacial score (nSPS) is 15.4. The molecule has 0 aromatic heterocycles. The highest BCUT2D eigenvalue weighted by atomic mass is 28.4. The van der Waals surface area contributed by atoms with Crippen molar-refractivity contribution in [2.75, 3.05) is 27.9 Å². The van der Waals surface area contributed by atoms with Crippen molar-refractivity contribution >= 4 is 14.8 Å². The Morgan fingerprint density at radius 1 is 1.28 bits per heavy atom. The lowest BCUT2D eigenvalue weighted by molar-refractivity contribution is -0.136. The van der Waals surface area contributed by atoms with Crippen molar-refractivity contribution in [3.8, 4) is 0 Å². The summed E-state index contributed by atoms with van der Waals surface area (Å²) < 4.78 is 16.2. The lowest BCUT2D eigenvalue weighted by atomic mass is 10.4. The van der Waals surface area contributed by atoms with Crippen molar-refractivity contribution in [2.24, 2.45) is 0 Å². The van der Waals surface area contributed by atoms with Gasteiger partial charge in [0.1, 0.15) is 0 Å². The smallest absolute Gasteiger partial charge is 0.480 e. The van der Waals surface area contributed by atoms with Crippen LogP contribution in [0.15, 0.2) is 0 Å². The molecule has 0 bridgehead atoms. The largest absolute Gasteiger partial charge is 0.518 e. The molecule has 7 nitrogen and oxygen atoms in total. The summed E-state index contributed by atoms with van der Waals surface area (Å²) in [4.78, 5) is 10.5. The highest BCUT2D eigenvalue weighted by molar-refractivity contribution is 6.62. The Labute approximate surface area is 109 Å². The molecule has 108 valence electrons. The molecular formula is C10H24N2O5Si. The van der Waals surface area contributed by atoms with E-state index >= 15 is 0 Å². The van der Waals surface area contributed by atoms with E-state index in [1.54, 1.807) is 21.3 Å². The molecule has 0 fully saturated rings. The highest BCUT2D eigenvalue weighted by Gasteiger charge is 2.46. The van der Waals surface area contributed by atoms with Crippen molar-refractivity contribution in [1.82, 2.24) is 10.6 Å². The number of carboxylic acid groups (broad SMARTS) is 1. The summed E-state index contributed by atoms with van der Waals surface area (Å²) in [6.45, 7) is 3.72. The van der Waals surface area contributed by atoms with Gasteiger partial charge in [0.15, 0.2) is 0 Å². The quantitative estimate of drug-likeness (QED) is 0.377. The van der Waals surface area contributed by atoms with Crippen LogP contribution in [0, 0.1) is 0 Å². The molecule has 3 N–H and O–H groups in total. The lowest BCUT2D eigenvalue weighted by Crippen LogP contribution is -2.63. The molecule has 0 saturated carbocycles. The zero-order chi connectivity index (χ0) is 14.2. The fraction of sp³-hybridized carbons (Fsp3) is 0.900. The molecule has 0 amide bonds. The van der Waals surface area contributed by atoms with Crippen LogP contribution in [0.2, 0.25) is 0 Å². The minimum absolute atomic E-state index is 0.103. The maximum Gasteiger partial charge on any atom is 0.518 e. The maximum atomic E-state index is 10.5. The van der Waals surface area contributed by atoms with E-state index in [0.717, 1.165) is 6.42 Å². The molecule has 2 atom stereocenters. The zero-order valence-corrected chi connectivity index (χ0v) is 12.6. The summed E-state index contributed by atoms with van der Waals surface area (Å²) in [6.07, 6.45) is 0.569. The van der Waals surface area contributed by atoms with E-state index in [2.05, 4.69) is 10.6 Å². The first kappa shape index (κ1) is 17.5. The molecule has 2 unspecified atom stereocenters. The monoisotopic (exact) mass is 280 g/mol. The van der Waals surface area contributed by atoms with Gasteiger partial charge in [-0.3, -0.25) is 15.4 Å². The predicted octanol–water partition coefficient (Wildman–Crippen LogP) is -0.208. The number of carbonyl (C=O) groups is 1. The van der Waals surface area contributed by atoms with Crippen molar-refractivity contribution in [1.29, 1.82) is 0 Å². The van der Waals surface area contributed by atoms with Gasteiger partial charge in [0.05, 0.1) is 18.4 Å². The molecule has 0 aliphatic heterocycles. The van der Waals surface area contributed by atoms with Gasteiger partial charge in [0, 0.05) is 21.3 Å². The third-order valence-electron chi connectivity index (χ3n) is 2.70. The van der Waals surface area contributed by atoms with Crippen molar-refractivity contribution < 1.29 is 23.2 Å². The molecule has 0 aliphatic carbocycles. The highest BCUT2D eigenvalue weighted by Crippen LogP contribution is 2.14. The van der Waals surface area contributed by atoms with E-state index in [-0.39, 0.29) is 18.4 Å². The second-order valence-corrected chi connectivity index (χ2v) is 6.97.